The number of nitrogens with one attached hydrogen (secondary N) is 3. The Bertz CT molecular complexity index is 665. The number of hydrogen-bond acceptors (Lipinski definition) is 5. The van der Waals surface area contributed by atoms with Crippen LogP contribution in [0.4, 0.5) is 5.69 Å². The zero-order valence-electron chi connectivity index (χ0n) is 16.5. The Hall–Kier alpha value is -1.84. The minimum absolute atomic E-state index is 0.0876. The first-order valence-electron chi connectivity index (χ1n) is 9.25. The summed E-state index contributed by atoms with van der Waals surface area (Å²) in [6, 6.07) is 7.66. The largest absolute Gasteiger partial charge is 0.493 e. The second kappa shape index (κ2) is 13.3. The highest BCUT2D eigenvalue weighted by molar-refractivity contribution is 7.89. The molecule has 154 valence electrons. The third kappa shape index (κ3) is 10.8. The lowest BCUT2D eigenvalue weighted by atomic mass is 10.3. The van der Waals surface area contributed by atoms with Gasteiger partial charge in [-0.1, -0.05) is 6.07 Å². The van der Waals surface area contributed by atoms with E-state index in [-0.39, 0.29) is 5.75 Å². The van der Waals surface area contributed by atoms with Crippen LogP contribution in [0.2, 0.25) is 0 Å². The number of aliphatic imine (C=N–C) groups is 1. The van der Waals surface area contributed by atoms with E-state index in [1.54, 1.807) is 14.0 Å². The van der Waals surface area contributed by atoms with Crippen molar-refractivity contribution >= 4 is 21.7 Å². The summed E-state index contributed by atoms with van der Waals surface area (Å²) in [5.74, 6) is 1.51. The normalized spacial score (nSPS) is 12.0. The summed E-state index contributed by atoms with van der Waals surface area (Å²) in [5, 5.41) is 6.41. The number of benzene rings is 1. The van der Waals surface area contributed by atoms with Crippen LogP contribution in [0, 0.1) is 0 Å². The number of anilines is 1. The quantitative estimate of drug-likeness (QED) is 0.265. The second-order valence-corrected chi connectivity index (χ2v) is 7.86. The molecule has 9 heteroatoms. The maximum atomic E-state index is 11.4. The summed E-state index contributed by atoms with van der Waals surface area (Å²) in [7, 11) is -1.48. The van der Waals surface area contributed by atoms with Gasteiger partial charge in [0.15, 0.2) is 5.96 Å². The Kier molecular flexibility index (Phi) is 11.5. The van der Waals surface area contributed by atoms with E-state index in [9.17, 15) is 8.42 Å². The van der Waals surface area contributed by atoms with Crippen molar-refractivity contribution in [1.29, 1.82) is 0 Å². The molecule has 1 aromatic rings. The van der Waals surface area contributed by atoms with Gasteiger partial charge in [-0.3, -0.25) is 4.99 Å². The minimum Gasteiger partial charge on any atom is -0.493 e. The molecule has 0 saturated carbocycles. The number of guanidine groups is 1. The second-order valence-electron chi connectivity index (χ2n) is 5.76. The molecular weight excluding hydrogens is 368 g/mol. The zero-order valence-corrected chi connectivity index (χ0v) is 17.3. The first-order chi connectivity index (χ1) is 13.0. The highest BCUT2D eigenvalue weighted by atomic mass is 32.2. The number of hydrogen-bond donors (Lipinski definition) is 3. The number of ether oxygens (including phenoxy) is 2. The van der Waals surface area contributed by atoms with Gasteiger partial charge < -0.3 is 20.1 Å². The first-order valence-corrected chi connectivity index (χ1v) is 10.9. The number of rotatable bonds is 13. The van der Waals surface area contributed by atoms with Crippen molar-refractivity contribution in [3.63, 3.8) is 0 Å². The van der Waals surface area contributed by atoms with Crippen LogP contribution >= 0.6 is 0 Å². The predicted molar refractivity (Wildman–Crippen MR) is 110 cm³/mol. The Morgan fingerprint density at radius 2 is 2.00 bits per heavy atom. The Labute approximate surface area is 162 Å². The van der Waals surface area contributed by atoms with Gasteiger partial charge >= 0.3 is 0 Å². The van der Waals surface area contributed by atoms with Gasteiger partial charge in [0.1, 0.15) is 5.75 Å². The third-order valence-electron chi connectivity index (χ3n) is 3.51. The van der Waals surface area contributed by atoms with Crippen molar-refractivity contribution in [2.75, 3.05) is 51.0 Å². The van der Waals surface area contributed by atoms with E-state index in [0.717, 1.165) is 24.4 Å². The molecule has 0 aliphatic heterocycles. The van der Waals surface area contributed by atoms with Gasteiger partial charge in [0.25, 0.3) is 0 Å². The molecule has 0 radical (unpaired) electrons. The van der Waals surface area contributed by atoms with Gasteiger partial charge in [-0.2, -0.15) is 0 Å². The fourth-order valence-corrected chi connectivity index (χ4v) is 2.76. The molecule has 0 fully saturated rings. The molecule has 0 amide bonds. The molecule has 0 unspecified atom stereocenters. The van der Waals surface area contributed by atoms with Crippen LogP contribution in [0.1, 0.15) is 26.7 Å². The molecule has 8 nitrogen and oxygen atoms in total. The van der Waals surface area contributed by atoms with E-state index in [2.05, 4.69) is 20.3 Å². The summed E-state index contributed by atoms with van der Waals surface area (Å²) < 4.78 is 36.0. The molecular formula is C18H32N4O4S. The summed E-state index contributed by atoms with van der Waals surface area (Å²) in [4.78, 5) is 4.47. The van der Waals surface area contributed by atoms with E-state index in [4.69, 9.17) is 9.47 Å². The van der Waals surface area contributed by atoms with Crippen LogP contribution in [0.5, 0.6) is 5.75 Å². The van der Waals surface area contributed by atoms with Gasteiger partial charge in [0.2, 0.25) is 10.0 Å². The SMILES string of the molecule is CCNC(=NCCCNS(=O)(=O)CC)Nc1cccc(OCCCOC)c1. The van der Waals surface area contributed by atoms with Gasteiger partial charge in [0.05, 0.1) is 12.4 Å². The van der Waals surface area contributed by atoms with Gasteiger partial charge in [-0.15, -0.1) is 0 Å². The first kappa shape index (κ1) is 23.2. The fourth-order valence-electron chi connectivity index (χ4n) is 2.10. The summed E-state index contributed by atoms with van der Waals surface area (Å²) >= 11 is 0. The topological polar surface area (TPSA) is 101 Å². The molecule has 0 spiro atoms. The maximum Gasteiger partial charge on any atom is 0.211 e. The number of nitrogens with zero attached hydrogens (tertiary/aromatic N) is 1. The van der Waals surface area contributed by atoms with E-state index >= 15 is 0 Å². The molecule has 3 N–H and O–H groups in total. The minimum atomic E-state index is -3.15. The Morgan fingerprint density at radius 3 is 2.70 bits per heavy atom. The average Bonchev–Trinajstić information content (AvgIpc) is 2.65. The molecule has 0 aliphatic carbocycles. The molecule has 0 aliphatic rings. The molecule has 0 bridgehead atoms. The predicted octanol–water partition coefficient (Wildman–Crippen LogP) is 1.81. The van der Waals surface area contributed by atoms with Crippen molar-refractivity contribution < 1.29 is 17.9 Å². The van der Waals surface area contributed by atoms with Crippen molar-refractivity contribution in [1.82, 2.24) is 10.0 Å². The molecule has 1 aromatic carbocycles. The van der Waals surface area contributed by atoms with Crippen LogP contribution in [-0.2, 0) is 14.8 Å². The highest BCUT2D eigenvalue weighted by Gasteiger charge is 2.05. The Morgan fingerprint density at radius 1 is 1.19 bits per heavy atom. The van der Waals surface area contributed by atoms with E-state index in [1.807, 2.05) is 31.2 Å². The van der Waals surface area contributed by atoms with Gasteiger partial charge in [0, 0.05) is 51.5 Å². The Balaban J connectivity index is 2.52. The molecule has 0 heterocycles. The molecule has 0 atom stereocenters. The van der Waals surface area contributed by atoms with Gasteiger partial charge in [-0.25, -0.2) is 13.1 Å². The summed E-state index contributed by atoms with van der Waals surface area (Å²) in [6.07, 6.45) is 1.46. The lowest BCUT2D eigenvalue weighted by Crippen LogP contribution is -2.31. The average molecular weight is 401 g/mol. The fraction of sp³-hybridized carbons (Fsp3) is 0.611. The monoisotopic (exact) mass is 400 g/mol. The lowest BCUT2D eigenvalue weighted by molar-refractivity contribution is 0.172. The van der Waals surface area contributed by atoms with E-state index in [0.29, 0.717) is 38.7 Å². The standard InChI is InChI=1S/C18H32N4O4S/c1-4-19-18(20-11-7-12-21-27(23,24)5-2)22-16-9-6-10-17(15-16)26-14-8-13-25-3/h6,9-10,15,21H,4-5,7-8,11-14H2,1-3H3,(H2,19,20,22). The van der Waals surface area contributed by atoms with E-state index < -0.39 is 10.0 Å². The number of methoxy groups -OCH3 is 1. The third-order valence-corrected chi connectivity index (χ3v) is 4.91. The summed E-state index contributed by atoms with van der Waals surface area (Å²) in [5.41, 5.74) is 0.866. The molecule has 0 saturated heterocycles. The number of sulfonamides is 1. The lowest BCUT2D eigenvalue weighted by Gasteiger charge is -2.13. The zero-order chi connectivity index (χ0) is 20.0. The van der Waals surface area contributed by atoms with E-state index in [1.165, 1.54) is 0 Å². The van der Waals surface area contributed by atoms with Crippen molar-refractivity contribution in [2.24, 2.45) is 4.99 Å². The smallest absolute Gasteiger partial charge is 0.211 e. The maximum absolute atomic E-state index is 11.4. The molecule has 0 aromatic heterocycles. The van der Waals surface area contributed by atoms with Crippen LogP contribution in [0.3, 0.4) is 0 Å². The van der Waals surface area contributed by atoms with Crippen LogP contribution in [0.25, 0.3) is 0 Å². The molecule has 1 rings (SSSR count). The van der Waals surface area contributed by atoms with Crippen molar-refractivity contribution in [3.8, 4) is 5.75 Å². The highest BCUT2D eigenvalue weighted by Crippen LogP contribution is 2.17. The van der Waals surface area contributed by atoms with Crippen molar-refractivity contribution in [3.05, 3.63) is 24.3 Å². The van der Waals surface area contributed by atoms with Gasteiger partial charge in [-0.05, 0) is 32.4 Å². The molecule has 27 heavy (non-hydrogen) atoms. The van der Waals surface area contributed by atoms with Crippen LogP contribution in [-0.4, -0.2) is 60.1 Å². The summed E-state index contributed by atoms with van der Waals surface area (Å²) in [6.45, 7) is 6.48. The van der Waals surface area contributed by atoms with Crippen molar-refractivity contribution in [2.45, 2.75) is 26.7 Å². The van der Waals surface area contributed by atoms with Crippen LogP contribution < -0.4 is 20.1 Å². The van der Waals surface area contributed by atoms with Crippen LogP contribution in [0.15, 0.2) is 29.3 Å².